The monoisotopic (exact) mass is 667 g/mol. The van der Waals surface area contributed by atoms with Crippen molar-refractivity contribution in [2.45, 2.75) is 180 Å². The second kappa shape index (κ2) is 28.1. The highest BCUT2D eigenvalue weighted by atomic mass is 16.6. The van der Waals surface area contributed by atoms with Crippen molar-refractivity contribution < 1.29 is 39.5 Å². The SMILES string of the molecule is CCCCC[C@@H](O)/C=C/[C@@H]1[C@H](C/C=C\CC(=O)O[C@@H](CO)COC(=O)CCCCCCCCCCCCCCC(C)C)[C@@H](O)C[C@H]1O. The molecular formula is C39H70O8. The number of aliphatic hydroxyl groups is 4. The summed E-state index contributed by atoms with van der Waals surface area (Å²) in [5.41, 5.74) is 0. The number of carbonyl (C=O) groups is 2. The van der Waals surface area contributed by atoms with Gasteiger partial charge in [0, 0.05) is 18.8 Å². The van der Waals surface area contributed by atoms with Gasteiger partial charge in [0.25, 0.3) is 0 Å². The number of hydrogen-bond donors (Lipinski definition) is 4. The third kappa shape index (κ3) is 22.5. The maximum absolute atomic E-state index is 12.3. The molecule has 0 aromatic carbocycles. The normalized spacial score (nSPS) is 21.2. The van der Waals surface area contributed by atoms with Gasteiger partial charge < -0.3 is 29.9 Å². The van der Waals surface area contributed by atoms with E-state index in [2.05, 4.69) is 20.8 Å². The second-order valence-electron chi connectivity index (χ2n) is 14.1. The van der Waals surface area contributed by atoms with E-state index in [9.17, 15) is 30.0 Å². The van der Waals surface area contributed by atoms with Gasteiger partial charge in [0.2, 0.25) is 0 Å². The Kier molecular flexibility index (Phi) is 25.9. The Labute approximate surface area is 286 Å². The number of aliphatic hydroxyl groups excluding tert-OH is 4. The van der Waals surface area contributed by atoms with E-state index >= 15 is 0 Å². The summed E-state index contributed by atoms with van der Waals surface area (Å²) in [5, 5.41) is 40.6. The average molecular weight is 667 g/mol. The zero-order valence-corrected chi connectivity index (χ0v) is 30.0. The minimum absolute atomic E-state index is 0.0229. The molecule has 0 amide bonds. The largest absolute Gasteiger partial charge is 0.462 e. The molecule has 0 unspecified atom stereocenters. The highest BCUT2D eigenvalue weighted by Crippen LogP contribution is 2.36. The van der Waals surface area contributed by atoms with Crippen LogP contribution in [0.2, 0.25) is 0 Å². The van der Waals surface area contributed by atoms with Gasteiger partial charge in [0.05, 0.1) is 31.3 Å². The molecule has 0 aromatic rings. The number of esters is 2. The Morgan fingerprint density at radius 1 is 0.787 bits per heavy atom. The molecule has 274 valence electrons. The van der Waals surface area contributed by atoms with Crippen LogP contribution in [0.4, 0.5) is 0 Å². The summed E-state index contributed by atoms with van der Waals surface area (Å²) in [6, 6.07) is 0. The van der Waals surface area contributed by atoms with E-state index in [0.717, 1.165) is 44.4 Å². The fourth-order valence-electron chi connectivity index (χ4n) is 6.30. The van der Waals surface area contributed by atoms with E-state index in [1.807, 2.05) is 6.08 Å². The number of rotatable bonds is 29. The lowest BCUT2D eigenvalue weighted by Gasteiger charge is -2.19. The molecule has 1 aliphatic carbocycles. The number of allylic oxidation sites excluding steroid dienone is 1. The van der Waals surface area contributed by atoms with Crippen LogP contribution in [0.5, 0.6) is 0 Å². The van der Waals surface area contributed by atoms with E-state index in [1.165, 1.54) is 64.2 Å². The maximum atomic E-state index is 12.3. The first kappa shape index (κ1) is 43.3. The van der Waals surface area contributed by atoms with Gasteiger partial charge in [-0.3, -0.25) is 9.59 Å². The molecule has 1 rings (SSSR count). The average Bonchev–Trinajstić information content (AvgIpc) is 3.31. The predicted molar refractivity (Wildman–Crippen MR) is 189 cm³/mol. The molecule has 0 saturated heterocycles. The molecule has 0 spiro atoms. The predicted octanol–water partition coefficient (Wildman–Crippen LogP) is 7.74. The third-order valence-electron chi connectivity index (χ3n) is 9.28. The van der Waals surface area contributed by atoms with Crippen LogP contribution in [0.1, 0.15) is 156 Å². The Hall–Kier alpha value is -1.74. The Morgan fingerprint density at radius 3 is 1.98 bits per heavy atom. The number of ether oxygens (including phenoxy) is 2. The summed E-state index contributed by atoms with van der Waals surface area (Å²) in [7, 11) is 0. The van der Waals surface area contributed by atoms with Gasteiger partial charge >= 0.3 is 11.9 Å². The number of hydrogen-bond acceptors (Lipinski definition) is 8. The van der Waals surface area contributed by atoms with Crippen LogP contribution in [0.15, 0.2) is 24.3 Å². The van der Waals surface area contributed by atoms with Gasteiger partial charge in [-0.1, -0.05) is 141 Å². The quantitative estimate of drug-likeness (QED) is 0.0362. The number of unbranched alkanes of at least 4 members (excludes halogenated alkanes) is 13. The van der Waals surface area contributed by atoms with Crippen LogP contribution < -0.4 is 0 Å². The lowest BCUT2D eigenvalue weighted by Crippen LogP contribution is -2.28. The molecule has 8 nitrogen and oxygen atoms in total. The van der Waals surface area contributed by atoms with Gasteiger partial charge in [-0.15, -0.1) is 0 Å². The van der Waals surface area contributed by atoms with Crippen LogP contribution in [0, 0.1) is 17.8 Å². The maximum Gasteiger partial charge on any atom is 0.310 e. The molecule has 0 bridgehead atoms. The minimum Gasteiger partial charge on any atom is -0.462 e. The first-order valence-electron chi connectivity index (χ1n) is 19.0. The van der Waals surface area contributed by atoms with E-state index < -0.39 is 37.0 Å². The Bertz CT molecular complexity index is 841. The van der Waals surface area contributed by atoms with Crippen LogP contribution in [0.3, 0.4) is 0 Å². The molecule has 0 radical (unpaired) electrons. The fraction of sp³-hybridized carbons (Fsp3) is 0.846. The molecule has 6 atom stereocenters. The van der Waals surface area contributed by atoms with Crippen molar-refractivity contribution in [3.8, 4) is 0 Å². The highest BCUT2D eigenvalue weighted by molar-refractivity contribution is 5.71. The fourth-order valence-corrected chi connectivity index (χ4v) is 6.30. The minimum atomic E-state index is -0.912. The smallest absolute Gasteiger partial charge is 0.310 e. The highest BCUT2D eigenvalue weighted by Gasteiger charge is 2.39. The summed E-state index contributed by atoms with van der Waals surface area (Å²) < 4.78 is 10.5. The summed E-state index contributed by atoms with van der Waals surface area (Å²) in [6.07, 6.45) is 25.1. The first-order chi connectivity index (χ1) is 22.7. The zero-order chi connectivity index (χ0) is 34.7. The Balaban J connectivity index is 2.16. The molecule has 1 aliphatic rings. The second-order valence-corrected chi connectivity index (χ2v) is 14.1. The van der Waals surface area contributed by atoms with Crippen LogP contribution >= 0.6 is 0 Å². The van der Waals surface area contributed by atoms with Crippen molar-refractivity contribution >= 4 is 11.9 Å². The van der Waals surface area contributed by atoms with Crippen molar-refractivity contribution in [3.63, 3.8) is 0 Å². The van der Waals surface area contributed by atoms with Crippen molar-refractivity contribution in [3.05, 3.63) is 24.3 Å². The molecule has 1 saturated carbocycles. The molecule has 1 fully saturated rings. The topological polar surface area (TPSA) is 134 Å². The molecule has 0 aliphatic heterocycles. The lowest BCUT2D eigenvalue weighted by atomic mass is 9.89. The molecule has 0 aromatic heterocycles. The van der Waals surface area contributed by atoms with Crippen molar-refractivity contribution in [1.29, 1.82) is 0 Å². The van der Waals surface area contributed by atoms with Crippen LogP contribution in [-0.4, -0.2) is 70.0 Å². The Morgan fingerprint density at radius 2 is 1.38 bits per heavy atom. The van der Waals surface area contributed by atoms with Crippen LogP contribution in [0.25, 0.3) is 0 Å². The van der Waals surface area contributed by atoms with Crippen molar-refractivity contribution in [2.75, 3.05) is 13.2 Å². The molecule has 8 heteroatoms. The summed E-state index contributed by atoms with van der Waals surface area (Å²) in [6.45, 7) is 6.09. The van der Waals surface area contributed by atoms with Gasteiger partial charge in [-0.25, -0.2) is 0 Å². The van der Waals surface area contributed by atoms with E-state index in [-0.39, 0.29) is 37.3 Å². The van der Waals surface area contributed by atoms with Gasteiger partial charge in [-0.2, -0.15) is 0 Å². The van der Waals surface area contributed by atoms with Gasteiger partial charge in [0.15, 0.2) is 6.10 Å². The molecule has 4 N–H and O–H groups in total. The molecule has 0 heterocycles. The standard InChI is InChI=1S/C39H70O8/c1-4-5-16-22-32(41)26-27-35-34(36(42)28-37(35)43)23-19-20-25-39(45)47-33(29-40)30-46-38(44)24-18-15-13-11-9-7-6-8-10-12-14-17-21-31(2)3/h19-20,26-27,31-37,40-43H,4-18,21-25,28-30H2,1-3H3/b20-19-,27-26+/t32-,33+,34+,35-,36+,37-/m1/s1. The summed E-state index contributed by atoms with van der Waals surface area (Å²) in [5.74, 6) is -0.558. The number of carbonyl (C=O) groups excluding carboxylic acids is 2. The molecular weight excluding hydrogens is 596 g/mol. The van der Waals surface area contributed by atoms with Gasteiger partial charge in [0.1, 0.15) is 6.61 Å². The molecule has 47 heavy (non-hydrogen) atoms. The lowest BCUT2D eigenvalue weighted by molar-refractivity contribution is -0.160. The third-order valence-corrected chi connectivity index (χ3v) is 9.28. The summed E-state index contributed by atoms with van der Waals surface area (Å²) in [4.78, 5) is 24.4. The van der Waals surface area contributed by atoms with E-state index in [4.69, 9.17) is 9.47 Å². The van der Waals surface area contributed by atoms with Crippen molar-refractivity contribution in [1.82, 2.24) is 0 Å². The first-order valence-corrected chi connectivity index (χ1v) is 19.0. The zero-order valence-electron chi connectivity index (χ0n) is 30.0. The van der Waals surface area contributed by atoms with Gasteiger partial charge in [-0.05, 0) is 31.1 Å². The van der Waals surface area contributed by atoms with Crippen molar-refractivity contribution in [2.24, 2.45) is 17.8 Å². The summed E-state index contributed by atoms with van der Waals surface area (Å²) >= 11 is 0. The van der Waals surface area contributed by atoms with E-state index in [1.54, 1.807) is 18.2 Å². The van der Waals surface area contributed by atoms with E-state index in [0.29, 0.717) is 19.3 Å². The van der Waals surface area contributed by atoms with Crippen LogP contribution in [-0.2, 0) is 19.1 Å².